The van der Waals surface area contributed by atoms with Gasteiger partial charge >= 0.3 is 0 Å². The zero-order valence-electron chi connectivity index (χ0n) is 8.12. The molecule has 1 aliphatic heterocycles. The molecule has 1 fully saturated rings. The molecule has 6 heteroatoms. The second kappa shape index (κ2) is 4.12. The fourth-order valence-corrected chi connectivity index (χ4v) is 1.52. The molecule has 0 saturated carbocycles. The Morgan fingerprint density at radius 3 is 3.07 bits per heavy atom. The van der Waals surface area contributed by atoms with Crippen molar-refractivity contribution in [3.63, 3.8) is 0 Å². The van der Waals surface area contributed by atoms with Gasteiger partial charge in [-0.25, -0.2) is 0 Å². The van der Waals surface area contributed by atoms with Crippen molar-refractivity contribution in [1.82, 2.24) is 15.5 Å². The van der Waals surface area contributed by atoms with Gasteiger partial charge in [0.15, 0.2) is 0 Å². The average Bonchev–Trinajstić information content (AvgIpc) is 2.71. The number of carbonyl (C=O) groups excluding carboxylic acids is 2. The molecule has 1 saturated heterocycles. The highest BCUT2D eigenvalue weighted by atomic mass is 16.2. The molecule has 1 atom stereocenters. The van der Waals surface area contributed by atoms with Gasteiger partial charge in [0.25, 0.3) is 0 Å². The standard InChI is InChI=1S/C9H12N4O2/c14-8-2-1-6(5-10-8)9(15)12-7-3-4-11-13-7/h3-4,6H,1-2,5H2,(H,10,14)(H2,11,12,13,15). The highest BCUT2D eigenvalue weighted by Crippen LogP contribution is 2.13. The quantitative estimate of drug-likeness (QED) is 0.633. The topological polar surface area (TPSA) is 86.9 Å². The molecule has 0 aliphatic carbocycles. The zero-order valence-corrected chi connectivity index (χ0v) is 8.12. The van der Waals surface area contributed by atoms with Crippen LogP contribution in [0.2, 0.25) is 0 Å². The van der Waals surface area contributed by atoms with E-state index in [-0.39, 0.29) is 17.7 Å². The summed E-state index contributed by atoms with van der Waals surface area (Å²) in [4.78, 5) is 22.6. The van der Waals surface area contributed by atoms with Crippen molar-refractivity contribution >= 4 is 17.6 Å². The minimum absolute atomic E-state index is 0.0144. The predicted octanol–water partition coefficient (Wildman–Crippen LogP) is -0.126. The van der Waals surface area contributed by atoms with Crippen molar-refractivity contribution in [2.45, 2.75) is 12.8 Å². The molecule has 2 rings (SSSR count). The van der Waals surface area contributed by atoms with Gasteiger partial charge < -0.3 is 10.6 Å². The van der Waals surface area contributed by atoms with Gasteiger partial charge in [0, 0.05) is 19.0 Å². The highest BCUT2D eigenvalue weighted by Gasteiger charge is 2.24. The number of hydrogen-bond donors (Lipinski definition) is 3. The second-order valence-corrected chi connectivity index (χ2v) is 3.50. The van der Waals surface area contributed by atoms with Gasteiger partial charge in [0.1, 0.15) is 5.82 Å². The van der Waals surface area contributed by atoms with Crippen molar-refractivity contribution in [1.29, 1.82) is 0 Å². The van der Waals surface area contributed by atoms with E-state index in [4.69, 9.17) is 0 Å². The third-order valence-corrected chi connectivity index (χ3v) is 2.39. The number of piperidine rings is 1. The van der Waals surface area contributed by atoms with Crippen molar-refractivity contribution in [3.8, 4) is 0 Å². The Kier molecular flexibility index (Phi) is 2.66. The number of amides is 2. The molecular weight excluding hydrogens is 196 g/mol. The van der Waals surface area contributed by atoms with Gasteiger partial charge in [0.2, 0.25) is 11.8 Å². The summed E-state index contributed by atoms with van der Waals surface area (Å²) in [5.41, 5.74) is 0. The molecule has 15 heavy (non-hydrogen) atoms. The predicted molar refractivity (Wildman–Crippen MR) is 53.0 cm³/mol. The molecule has 2 amide bonds. The summed E-state index contributed by atoms with van der Waals surface area (Å²) in [7, 11) is 0. The van der Waals surface area contributed by atoms with Crippen LogP contribution in [0, 0.1) is 5.92 Å². The molecular formula is C9H12N4O2. The summed E-state index contributed by atoms with van der Waals surface area (Å²) in [6.45, 7) is 0.415. The van der Waals surface area contributed by atoms with Gasteiger partial charge in [-0.15, -0.1) is 0 Å². The Morgan fingerprint density at radius 2 is 2.47 bits per heavy atom. The number of aromatic nitrogens is 2. The van der Waals surface area contributed by atoms with Gasteiger partial charge in [-0.3, -0.25) is 14.7 Å². The molecule has 1 aromatic rings. The SMILES string of the molecule is O=C1CCC(C(=O)Nc2ccn[nH]2)CN1. The lowest BCUT2D eigenvalue weighted by atomic mass is 9.98. The summed E-state index contributed by atoms with van der Waals surface area (Å²) in [6.07, 6.45) is 2.59. The van der Waals surface area contributed by atoms with Crippen molar-refractivity contribution < 1.29 is 9.59 Å². The van der Waals surface area contributed by atoms with Crippen LogP contribution in [0.1, 0.15) is 12.8 Å². The van der Waals surface area contributed by atoms with E-state index in [9.17, 15) is 9.59 Å². The molecule has 6 nitrogen and oxygen atoms in total. The van der Waals surface area contributed by atoms with E-state index in [1.807, 2.05) is 0 Å². The number of aromatic amines is 1. The van der Waals surface area contributed by atoms with Crippen LogP contribution in [-0.2, 0) is 9.59 Å². The second-order valence-electron chi connectivity index (χ2n) is 3.50. The van der Waals surface area contributed by atoms with Crippen molar-refractivity contribution in [2.75, 3.05) is 11.9 Å². The van der Waals surface area contributed by atoms with E-state index in [1.165, 1.54) is 0 Å². The number of nitrogens with zero attached hydrogens (tertiary/aromatic N) is 1. The Morgan fingerprint density at radius 1 is 1.60 bits per heavy atom. The molecule has 3 N–H and O–H groups in total. The Balaban J connectivity index is 1.89. The van der Waals surface area contributed by atoms with Crippen LogP contribution in [0.25, 0.3) is 0 Å². The summed E-state index contributed by atoms with van der Waals surface area (Å²) in [5.74, 6) is 0.364. The summed E-state index contributed by atoms with van der Waals surface area (Å²) < 4.78 is 0. The Labute approximate surface area is 86.4 Å². The van der Waals surface area contributed by atoms with Crippen molar-refractivity contribution in [3.05, 3.63) is 12.3 Å². The van der Waals surface area contributed by atoms with E-state index in [1.54, 1.807) is 12.3 Å². The number of rotatable bonds is 2. The molecule has 0 aromatic carbocycles. The summed E-state index contributed by atoms with van der Waals surface area (Å²) in [6, 6.07) is 1.68. The van der Waals surface area contributed by atoms with Gasteiger partial charge in [-0.2, -0.15) is 5.10 Å². The molecule has 2 heterocycles. The largest absolute Gasteiger partial charge is 0.355 e. The van der Waals surface area contributed by atoms with E-state index >= 15 is 0 Å². The number of hydrogen-bond acceptors (Lipinski definition) is 3. The van der Waals surface area contributed by atoms with Crippen LogP contribution in [0.4, 0.5) is 5.82 Å². The maximum absolute atomic E-state index is 11.7. The fourth-order valence-electron chi connectivity index (χ4n) is 1.52. The molecule has 1 aromatic heterocycles. The smallest absolute Gasteiger partial charge is 0.230 e. The molecule has 0 spiro atoms. The van der Waals surface area contributed by atoms with Crippen LogP contribution in [0.3, 0.4) is 0 Å². The van der Waals surface area contributed by atoms with Crippen LogP contribution in [0.15, 0.2) is 12.3 Å². The maximum atomic E-state index is 11.7. The fraction of sp³-hybridized carbons (Fsp3) is 0.444. The number of carbonyl (C=O) groups is 2. The first-order chi connectivity index (χ1) is 7.25. The lowest BCUT2D eigenvalue weighted by molar-refractivity contribution is -0.126. The molecule has 0 bridgehead atoms. The van der Waals surface area contributed by atoms with E-state index < -0.39 is 0 Å². The van der Waals surface area contributed by atoms with Gasteiger partial charge in [-0.05, 0) is 6.42 Å². The first kappa shape index (κ1) is 9.70. The van der Waals surface area contributed by atoms with E-state index in [0.717, 1.165) is 0 Å². The average molecular weight is 208 g/mol. The first-order valence-corrected chi connectivity index (χ1v) is 4.82. The molecule has 80 valence electrons. The van der Waals surface area contributed by atoms with Gasteiger partial charge in [-0.1, -0.05) is 0 Å². The lowest BCUT2D eigenvalue weighted by Crippen LogP contribution is -2.40. The number of nitrogens with one attached hydrogen (secondary N) is 3. The Hall–Kier alpha value is -1.85. The summed E-state index contributed by atoms with van der Waals surface area (Å²) in [5, 5.41) is 11.7. The minimum atomic E-state index is -0.147. The summed E-state index contributed by atoms with van der Waals surface area (Å²) >= 11 is 0. The van der Waals surface area contributed by atoms with Crippen LogP contribution in [0.5, 0.6) is 0 Å². The maximum Gasteiger partial charge on any atom is 0.230 e. The van der Waals surface area contributed by atoms with Gasteiger partial charge in [0.05, 0.1) is 12.1 Å². The molecule has 0 radical (unpaired) electrons. The highest BCUT2D eigenvalue weighted by molar-refractivity contribution is 5.93. The van der Waals surface area contributed by atoms with E-state index in [2.05, 4.69) is 20.8 Å². The molecule has 1 unspecified atom stereocenters. The van der Waals surface area contributed by atoms with Crippen LogP contribution < -0.4 is 10.6 Å². The van der Waals surface area contributed by atoms with Crippen LogP contribution >= 0.6 is 0 Å². The van der Waals surface area contributed by atoms with E-state index in [0.29, 0.717) is 25.2 Å². The number of anilines is 1. The monoisotopic (exact) mass is 208 g/mol. The zero-order chi connectivity index (χ0) is 10.7. The third kappa shape index (κ3) is 2.34. The van der Waals surface area contributed by atoms with Crippen LogP contribution in [-0.4, -0.2) is 28.6 Å². The lowest BCUT2D eigenvalue weighted by Gasteiger charge is -2.20. The third-order valence-electron chi connectivity index (χ3n) is 2.39. The first-order valence-electron chi connectivity index (χ1n) is 4.82. The normalized spacial score (nSPS) is 20.8. The molecule has 1 aliphatic rings. The van der Waals surface area contributed by atoms with Crippen molar-refractivity contribution in [2.24, 2.45) is 5.92 Å². The Bertz CT molecular complexity index is 350. The number of H-pyrrole nitrogens is 1. The minimum Gasteiger partial charge on any atom is -0.355 e.